The SMILES string of the molecule is O=C1CC(c2ccc(Cl)cc2)c2c(-c3ccccc3)nn(-c3ccccc3)c2N1. The summed E-state index contributed by atoms with van der Waals surface area (Å²) >= 11 is 6.10. The number of halogens is 1. The van der Waals surface area contributed by atoms with E-state index < -0.39 is 0 Å². The van der Waals surface area contributed by atoms with Gasteiger partial charge in [0.25, 0.3) is 0 Å². The Labute approximate surface area is 173 Å². The third-order valence-electron chi connectivity index (χ3n) is 5.24. The van der Waals surface area contributed by atoms with Crippen molar-refractivity contribution in [2.75, 3.05) is 5.32 Å². The van der Waals surface area contributed by atoms with Gasteiger partial charge < -0.3 is 5.32 Å². The lowest BCUT2D eigenvalue weighted by Crippen LogP contribution is -2.24. The van der Waals surface area contributed by atoms with Gasteiger partial charge in [-0.15, -0.1) is 0 Å². The zero-order valence-corrected chi connectivity index (χ0v) is 16.3. The van der Waals surface area contributed by atoms with Crippen molar-refractivity contribution in [1.29, 1.82) is 0 Å². The standard InChI is InChI=1S/C24H18ClN3O/c25-18-13-11-16(12-14-18)20-15-21(29)26-24-22(20)23(17-7-3-1-4-8-17)27-28(24)19-9-5-2-6-10-19/h1-14,20H,15H2,(H,26,29). The molecule has 0 saturated carbocycles. The van der Waals surface area contributed by atoms with Gasteiger partial charge in [-0.25, -0.2) is 4.68 Å². The van der Waals surface area contributed by atoms with Crippen molar-refractivity contribution in [3.05, 3.63) is 101 Å². The Morgan fingerprint density at radius 3 is 2.24 bits per heavy atom. The van der Waals surface area contributed by atoms with Crippen molar-refractivity contribution in [3.63, 3.8) is 0 Å². The number of amides is 1. The van der Waals surface area contributed by atoms with E-state index in [1.165, 1.54) is 0 Å². The molecule has 1 atom stereocenters. The molecule has 1 amide bonds. The molecule has 1 aromatic heterocycles. The molecule has 4 aromatic rings. The second kappa shape index (κ2) is 7.22. The molecule has 1 unspecified atom stereocenters. The van der Waals surface area contributed by atoms with Gasteiger partial charge in [0.05, 0.1) is 11.4 Å². The van der Waals surface area contributed by atoms with Crippen molar-refractivity contribution >= 4 is 23.3 Å². The number of benzene rings is 3. The molecule has 4 nitrogen and oxygen atoms in total. The molecule has 0 saturated heterocycles. The highest BCUT2D eigenvalue weighted by molar-refractivity contribution is 6.30. The van der Waals surface area contributed by atoms with Gasteiger partial charge in [-0.1, -0.05) is 72.3 Å². The minimum atomic E-state index is -0.0938. The van der Waals surface area contributed by atoms with Crippen LogP contribution in [0.5, 0.6) is 0 Å². The summed E-state index contributed by atoms with van der Waals surface area (Å²) in [5.41, 5.74) is 4.89. The molecule has 1 aliphatic rings. The Kier molecular flexibility index (Phi) is 4.41. The maximum atomic E-state index is 12.6. The summed E-state index contributed by atoms with van der Waals surface area (Å²) in [5, 5.41) is 8.68. The first kappa shape index (κ1) is 17.7. The van der Waals surface area contributed by atoms with Crippen LogP contribution in [0.25, 0.3) is 16.9 Å². The number of rotatable bonds is 3. The number of anilines is 1. The van der Waals surface area contributed by atoms with Crippen LogP contribution in [0.15, 0.2) is 84.9 Å². The van der Waals surface area contributed by atoms with E-state index in [0.29, 0.717) is 11.4 Å². The number of para-hydroxylation sites is 1. The van der Waals surface area contributed by atoms with E-state index in [2.05, 4.69) is 5.32 Å². The van der Waals surface area contributed by atoms with Crippen LogP contribution in [0.2, 0.25) is 5.02 Å². The molecule has 5 rings (SSSR count). The highest BCUT2D eigenvalue weighted by atomic mass is 35.5. The zero-order valence-electron chi connectivity index (χ0n) is 15.5. The molecule has 3 aromatic carbocycles. The fourth-order valence-corrected chi connectivity index (χ4v) is 4.02. The third-order valence-corrected chi connectivity index (χ3v) is 5.49. The first-order valence-corrected chi connectivity index (χ1v) is 9.87. The number of aromatic nitrogens is 2. The highest BCUT2D eigenvalue weighted by Gasteiger charge is 2.34. The topological polar surface area (TPSA) is 46.9 Å². The number of carbonyl (C=O) groups excluding carboxylic acids is 1. The van der Waals surface area contributed by atoms with Crippen LogP contribution >= 0.6 is 11.6 Å². The van der Waals surface area contributed by atoms with Crippen LogP contribution in [-0.4, -0.2) is 15.7 Å². The Morgan fingerprint density at radius 2 is 1.55 bits per heavy atom. The van der Waals surface area contributed by atoms with Crippen LogP contribution < -0.4 is 5.32 Å². The number of nitrogens with one attached hydrogen (secondary N) is 1. The Hall–Kier alpha value is -3.37. The van der Waals surface area contributed by atoms with E-state index in [9.17, 15) is 4.79 Å². The lowest BCUT2D eigenvalue weighted by atomic mass is 9.84. The fraction of sp³-hybridized carbons (Fsp3) is 0.0833. The van der Waals surface area contributed by atoms with Crippen molar-refractivity contribution in [1.82, 2.24) is 9.78 Å². The molecule has 0 radical (unpaired) electrons. The van der Waals surface area contributed by atoms with E-state index >= 15 is 0 Å². The van der Waals surface area contributed by atoms with Gasteiger partial charge in [0, 0.05) is 28.5 Å². The highest BCUT2D eigenvalue weighted by Crippen LogP contribution is 2.44. The van der Waals surface area contributed by atoms with Gasteiger partial charge in [-0.2, -0.15) is 5.10 Å². The van der Waals surface area contributed by atoms with E-state index in [-0.39, 0.29) is 11.8 Å². The molecule has 1 N–H and O–H groups in total. The summed E-state index contributed by atoms with van der Waals surface area (Å²) in [6.45, 7) is 0. The number of carbonyl (C=O) groups is 1. The van der Waals surface area contributed by atoms with E-state index in [1.54, 1.807) is 0 Å². The monoisotopic (exact) mass is 399 g/mol. The lowest BCUT2D eigenvalue weighted by Gasteiger charge is -2.25. The Morgan fingerprint density at radius 1 is 0.897 bits per heavy atom. The zero-order chi connectivity index (χ0) is 19.8. The number of hydrogen-bond donors (Lipinski definition) is 1. The molecule has 0 bridgehead atoms. The summed E-state index contributed by atoms with van der Waals surface area (Å²) in [4.78, 5) is 12.6. The Bertz CT molecular complexity index is 1170. The molecular formula is C24H18ClN3O. The second-order valence-electron chi connectivity index (χ2n) is 7.08. The van der Waals surface area contributed by atoms with Crippen LogP contribution in [0.3, 0.4) is 0 Å². The minimum Gasteiger partial charge on any atom is -0.310 e. The average molecular weight is 400 g/mol. The summed E-state index contributed by atoms with van der Waals surface area (Å²) in [5.74, 6) is 0.615. The van der Waals surface area contributed by atoms with Gasteiger partial charge in [-0.05, 0) is 29.8 Å². The average Bonchev–Trinajstić information content (AvgIpc) is 3.14. The van der Waals surface area contributed by atoms with Crippen LogP contribution in [-0.2, 0) is 4.79 Å². The number of fused-ring (bicyclic) bond motifs is 1. The van der Waals surface area contributed by atoms with Gasteiger partial charge in [0.2, 0.25) is 5.91 Å². The molecule has 0 fully saturated rings. The van der Waals surface area contributed by atoms with Crippen molar-refractivity contribution in [2.24, 2.45) is 0 Å². The van der Waals surface area contributed by atoms with Crippen molar-refractivity contribution < 1.29 is 4.79 Å². The smallest absolute Gasteiger partial charge is 0.226 e. The first-order chi connectivity index (χ1) is 14.2. The van der Waals surface area contributed by atoms with Crippen LogP contribution in [0, 0.1) is 0 Å². The number of nitrogens with zero attached hydrogens (tertiary/aromatic N) is 2. The quantitative estimate of drug-likeness (QED) is 0.482. The summed E-state index contributed by atoms with van der Waals surface area (Å²) in [6, 6.07) is 27.7. The maximum absolute atomic E-state index is 12.6. The summed E-state index contributed by atoms with van der Waals surface area (Å²) in [6.07, 6.45) is 0.370. The van der Waals surface area contributed by atoms with E-state index in [0.717, 1.165) is 33.9 Å². The molecule has 29 heavy (non-hydrogen) atoms. The van der Waals surface area contributed by atoms with Crippen LogP contribution in [0.4, 0.5) is 5.82 Å². The van der Waals surface area contributed by atoms with Gasteiger partial charge in [-0.3, -0.25) is 4.79 Å². The van der Waals surface area contributed by atoms with Crippen LogP contribution in [0.1, 0.15) is 23.5 Å². The Balaban J connectivity index is 1.77. The third kappa shape index (κ3) is 3.22. The second-order valence-corrected chi connectivity index (χ2v) is 7.52. The van der Waals surface area contributed by atoms with Gasteiger partial charge in [0.1, 0.15) is 5.82 Å². The first-order valence-electron chi connectivity index (χ1n) is 9.50. The normalized spacial score (nSPS) is 15.6. The largest absolute Gasteiger partial charge is 0.310 e. The summed E-state index contributed by atoms with van der Waals surface area (Å²) in [7, 11) is 0. The molecule has 142 valence electrons. The fourth-order valence-electron chi connectivity index (χ4n) is 3.90. The molecule has 2 heterocycles. The molecule has 1 aliphatic heterocycles. The maximum Gasteiger partial charge on any atom is 0.226 e. The van der Waals surface area contributed by atoms with Crippen molar-refractivity contribution in [3.8, 4) is 16.9 Å². The number of hydrogen-bond acceptors (Lipinski definition) is 2. The van der Waals surface area contributed by atoms with E-state index in [4.69, 9.17) is 16.7 Å². The van der Waals surface area contributed by atoms with Crippen molar-refractivity contribution in [2.45, 2.75) is 12.3 Å². The van der Waals surface area contributed by atoms with E-state index in [1.807, 2.05) is 89.6 Å². The molecule has 0 spiro atoms. The molecule has 0 aliphatic carbocycles. The van der Waals surface area contributed by atoms with Gasteiger partial charge in [0.15, 0.2) is 0 Å². The summed E-state index contributed by atoms with van der Waals surface area (Å²) < 4.78 is 1.83. The molecular weight excluding hydrogens is 382 g/mol. The lowest BCUT2D eigenvalue weighted by molar-refractivity contribution is -0.116. The van der Waals surface area contributed by atoms with Gasteiger partial charge >= 0.3 is 0 Å². The molecule has 5 heteroatoms. The predicted molar refractivity (Wildman–Crippen MR) is 116 cm³/mol. The minimum absolute atomic E-state index is 0.0193. The predicted octanol–water partition coefficient (Wildman–Crippen LogP) is 5.67.